The summed E-state index contributed by atoms with van der Waals surface area (Å²) in [6, 6.07) is 5.14. The van der Waals surface area contributed by atoms with Crippen molar-refractivity contribution in [1.82, 2.24) is 14.5 Å². The number of benzene rings is 1. The van der Waals surface area contributed by atoms with E-state index in [2.05, 4.69) is 15.5 Å². The monoisotopic (exact) mass is 338 g/mol. The first-order valence-electron chi connectivity index (χ1n) is 6.93. The molecular weight excluding hydrogens is 323 g/mol. The molecule has 0 atom stereocenters. The van der Waals surface area contributed by atoms with Gasteiger partial charge in [0.05, 0.1) is 11.9 Å². The van der Waals surface area contributed by atoms with Crippen molar-refractivity contribution >= 4 is 21.7 Å². The number of hydrogen-bond donors (Lipinski definition) is 2. The Morgan fingerprint density at radius 2 is 2.04 bits per heavy atom. The van der Waals surface area contributed by atoms with Gasteiger partial charge in [0.15, 0.2) is 0 Å². The molecule has 1 aromatic carbocycles. The average molecular weight is 338 g/mol. The molecule has 122 valence electrons. The van der Waals surface area contributed by atoms with E-state index in [1.807, 2.05) is 0 Å². The van der Waals surface area contributed by atoms with Crippen molar-refractivity contribution in [1.29, 1.82) is 0 Å². The number of aromatic nitrogens is 2. The Bertz CT molecular complexity index is 845. The molecule has 0 fully saturated rings. The van der Waals surface area contributed by atoms with E-state index in [4.69, 9.17) is 0 Å². The van der Waals surface area contributed by atoms with Crippen LogP contribution in [0.25, 0.3) is 0 Å². The largest absolute Gasteiger partial charge is 0.307 e. The standard InChI is InChI=1S/C14H15FN4O3S/c1-23(21,22)19-7-6-12-11(8-19)13(18-17-12)16-14(20)9-2-4-10(15)5-3-9/h2-5H,6-8H2,1H3,(H2,16,17,18,20). The first-order valence-corrected chi connectivity index (χ1v) is 8.77. The molecule has 1 amide bonds. The third-order valence-electron chi connectivity index (χ3n) is 3.70. The molecule has 0 aliphatic carbocycles. The van der Waals surface area contributed by atoms with Gasteiger partial charge < -0.3 is 5.32 Å². The lowest BCUT2D eigenvalue weighted by atomic mass is 10.1. The van der Waals surface area contributed by atoms with Crippen LogP contribution in [0.2, 0.25) is 0 Å². The Morgan fingerprint density at radius 3 is 2.70 bits per heavy atom. The minimum absolute atomic E-state index is 0.156. The third-order valence-corrected chi connectivity index (χ3v) is 4.95. The van der Waals surface area contributed by atoms with Crippen LogP contribution in [0, 0.1) is 5.82 Å². The highest BCUT2D eigenvalue weighted by Gasteiger charge is 2.27. The Morgan fingerprint density at radius 1 is 1.35 bits per heavy atom. The molecule has 1 aromatic heterocycles. The van der Waals surface area contributed by atoms with Gasteiger partial charge in [0.2, 0.25) is 10.0 Å². The summed E-state index contributed by atoms with van der Waals surface area (Å²) in [5.74, 6) is -0.486. The van der Waals surface area contributed by atoms with Crippen molar-refractivity contribution in [2.45, 2.75) is 13.0 Å². The second-order valence-corrected chi connectivity index (χ2v) is 7.31. The van der Waals surface area contributed by atoms with E-state index >= 15 is 0 Å². The zero-order valence-electron chi connectivity index (χ0n) is 12.3. The molecule has 2 N–H and O–H groups in total. The van der Waals surface area contributed by atoms with Crippen LogP contribution in [-0.2, 0) is 23.0 Å². The fourth-order valence-electron chi connectivity index (χ4n) is 2.44. The zero-order chi connectivity index (χ0) is 16.6. The average Bonchev–Trinajstić information content (AvgIpc) is 2.89. The molecule has 1 aliphatic heterocycles. The summed E-state index contributed by atoms with van der Waals surface area (Å²) in [6.07, 6.45) is 1.63. The van der Waals surface area contributed by atoms with Crippen LogP contribution in [-0.4, -0.2) is 41.6 Å². The second-order valence-electron chi connectivity index (χ2n) is 5.33. The number of carbonyl (C=O) groups excluding carboxylic acids is 1. The molecule has 23 heavy (non-hydrogen) atoms. The molecule has 0 bridgehead atoms. The summed E-state index contributed by atoms with van der Waals surface area (Å²) in [4.78, 5) is 12.2. The van der Waals surface area contributed by atoms with Gasteiger partial charge in [-0.2, -0.15) is 9.40 Å². The molecular formula is C14H15FN4O3S. The van der Waals surface area contributed by atoms with Gasteiger partial charge in [-0.1, -0.05) is 0 Å². The number of rotatable bonds is 3. The maximum atomic E-state index is 12.9. The molecule has 2 aromatic rings. The van der Waals surface area contributed by atoms with Gasteiger partial charge in [0.1, 0.15) is 11.6 Å². The first kappa shape index (κ1) is 15.6. The van der Waals surface area contributed by atoms with Crippen molar-refractivity contribution in [2.24, 2.45) is 0 Å². The number of aromatic amines is 1. The van der Waals surface area contributed by atoms with Gasteiger partial charge in [0.25, 0.3) is 5.91 Å². The van der Waals surface area contributed by atoms with Crippen LogP contribution in [0.5, 0.6) is 0 Å². The van der Waals surface area contributed by atoms with Crippen molar-refractivity contribution in [3.63, 3.8) is 0 Å². The molecule has 0 radical (unpaired) electrons. The molecule has 3 rings (SSSR count). The van der Waals surface area contributed by atoms with Gasteiger partial charge in [-0.25, -0.2) is 12.8 Å². The highest BCUT2D eigenvalue weighted by molar-refractivity contribution is 7.88. The zero-order valence-corrected chi connectivity index (χ0v) is 13.2. The van der Waals surface area contributed by atoms with Crippen LogP contribution < -0.4 is 5.32 Å². The number of amides is 1. The highest BCUT2D eigenvalue weighted by atomic mass is 32.2. The van der Waals surface area contributed by atoms with Crippen LogP contribution in [0.1, 0.15) is 21.6 Å². The minimum Gasteiger partial charge on any atom is -0.307 e. The molecule has 0 saturated heterocycles. The Hall–Kier alpha value is -2.26. The number of fused-ring (bicyclic) bond motifs is 1. The highest BCUT2D eigenvalue weighted by Crippen LogP contribution is 2.25. The Kier molecular flexibility index (Phi) is 3.90. The summed E-state index contributed by atoms with van der Waals surface area (Å²) >= 11 is 0. The van der Waals surface area contributed by atoms with Crippen molar-refractivity contribution in [3.05, 3.63) is 46.9 Å². The van der Waals surface area contributed by atoms with E-state index in [-0.39, 0.29) is 6.54 Å². The molecule has 9 heteroatoms. The summed E-state index contributed by atoms with van der Waals surface area (Å²) in [6.45, 7) is 0.520. The van der Waals surface area contributed by atoms with Crippen molar-refractivity contribution in [3.8, 4) is 0 Å². The van der Waals surface area contributed by atoms with Crippen LogP contribution in [0.15, 0.2) is 24.3 Å². The van der Waals surface area contributed by atoms with Gasteiger partial charge in [-0.15, -0.1) is 0 Å². The lowest BCUT2D eigenvalue weighted by Crippen LogP contribution is -2.35. The molecule has 2 heterocycles. The lowest BCUT2D eigenvalue weighted by Gasteiger charge is -2.24. The number of nitrogens with one attached hydrogen (secondary N) is 2. The predicted octanol–water partition coefficient (Wildman–Crippen LogP) is 1.12. The summed E-state index contributed by atoms with van der Waals surface area (Å²) in [7, 11) is -3.31. The Balaban J connectivity index is 1.82. The number of halogens is 1. The molecule has 0 saturated carbocycles. The van der Waals surface area contributed by atoms with Crippen molar-refractivity contribution in [2.75, 3.05) is 18.1 Å². The van der Waals surface area contributed by atoms with Gasteiger partial charge in [-0.3, -0.25) is 9.89 Å². The van der Waals surface area contributed by atoms with Crippen LogP contribution >= 0.6 is 0 Å². The van der Waals surface area contributed by atoms with E-state index in [1.54, 1.807) is 0 Å². The van der Waals surface area contributed by atoms with Crippen molar-refractivity contribution < 1.29 is 17.6 Å². The smallest absolute Gasteiger partial charge is 0.256 e. The van der Waals surface area contributed by atoms with Gasteiger partial charge in [-0.05, 0) is 24.3 Å². The number of nitrogens with zero attached hydrogens (tertiary/aromatic N) is 2. The number of H-pyrrole nitrogens is 1. The lowest BCUT2D eigenvalue weighted by molar-refractivity contribution is 0.102. The maximum absolute atomic E-state index is 12.9. The van der Waals surface area contributed by atoms with E-state index in [1.165, 1.54) is 28.6 Å². The normalized spacial score (nSPS) is 15.2. The van der Waals surface area contributed by atoms with Gasteiger partial charge in [0, 0.05) is 30.6 Å². The number of anilines is 1. The second kappa shape index (κ2) is 5.74. The topological polar surface area (TPSA) is 95.2 Å². The fourth-order valence-corrected chi connectivity index (χ4v) is 3.23. The van der Waals surface area contributed by atoms with E-state index < -0.39 is 21.7 Å². The first-order chi connectivity index (χ1) is 10.8. The molecule has 7 nitrogen and oxygen atoms in total. The third kappa shape index (κ3) is 3.25. The molecule has 1 aliphatic rings. The van der Waals surface area contributed by atoms with E-state index in [0.717, 1.165) is 11.9 Å². The SMILES string of the molecule is CS(=O)(=O)N1CCc2n[nH]c(NC(=O)c3ccc(F)cc3)c2C1. The fraction of sp³-hybridized carbons (Fsp3) is 0.286. The number of sulfonamides is 1. The van der Waals surface area contributed by atoms with Gasteiger partial charge >= 0.3 is 0 Å². The Labute approximate surface area is 132 Å². The quantitative estimate of drug-likeness (QED) is 0.877. The summed E-state index contributed by atoms with van der Waals surface area (Å²) in [5, 5.41) is 9.49. The summed E-state index contributed by atoms with van der Waals surface area (Å²) in [5.41, 5.74) is 1.68. The van der Waals surface area contributed by atoms with E-state index in [0.29, 0.717) is 29.9 Å². The van der Waals surface area contributed by atoms with Crippen LogP contribution in [0.3, 0.4) is 0 Å². The van der Waals surface area contributed by atoms with Crippen LogP contribution in [0.4, 0.5) is 10.2 Å². The molecule has 0 unspecified atom stereocenters. The number of carbonyl (C=O) groups is 1. The molecule has 0 spiro atoms. The minimum atomic E-state index is -3.31. The summed E-state index contributed by atoms with van der Waals surface area (Å²) < 4.78 is 37.6. The predicted molar refractivity (Wildman–Crippen MR) is 81.9 cm³/mol. The number of hydrogen-bond acceptors (Lipinski definition) is 4. The van der Waals surface area contributed by atoms with E-state index in [9.17, 15) is 17.6 Å². The maximum Gasteiger partial charge on any atom is 0.256 e.